The number of nitrogens with one attached hydrogen (secondary N) is 1. The molecule has 2 atom stereocenters. The summed E-state index contributed by atoms with van der Waals surface area (Å²) in [6, 6.07) is 2.57. The number of rotatable bonds is 8. The maximum atomic E-state index is 5.88. The van der Waals surface area contributed by atoms with E-state index in [4.69, 9.17) is 11.6 Å². The third-order valence-electron chi connectivity index (χ3n) is 2.97. The molecule has 0 aliphatic rings. The quantitative estimate of drug-likeness (QED) is 0.572. The van der Waals surface area contributed by atoms with Crippen molar-refractivity contribution in [2.45, 2.75) is 58.0 Å². The van der Waals surface area contributed by atoms with Crippen molar-refractivity contribution in [2.75, 3.05) is 6.54 Å². The summed E-state index contributed by atoms with van der Waals surface area (Å²) in [7, 11) is 0. The number of nitrogens with zero attached hydrogens (tertiary/aromatic N) is 2. The first-order chi connectivity index (χ1) is 8.13. The van der Waals surface area contributed by atoms with Gasteiger partial charge in [-0.15, -0.1) is 11.6 Å². The van der Waals surface area contributed by atoms with E-state index in [1.54, 1.807) is 0 Å². The zero-order valence-electron chi connectivity index (χ0n) is 11.1. The molecule has 0 spiro atoms. The Morgan fingerprint density at radius 3 is 2.88 bits per heavy atom. The average molecular weight is 258 g/mol. The van der Waals surface area contributed by atoms with E-state index in [9.17, 15) is 0 Å². The zero-order valence-corrected chi connectivity index (χ0v) is 11.9. The van der Waals surface area contributed by atoms with Crippen LogP contribution in [0.2, 0.25) is 0 Å². The Hall–Kier alpha value is -0.540. The molecule has 0 bridgehead atoms. The van der Waals surface area contributed by atoms with Crippen molar-refractivity contribution in [3.63, 3.8) is 0 Å². The lowest BCUT2D eigenvalue weighted by molar-refractivity contribution is 0.471. The molecule has 1 rings (SSSR count). The number of halogens is 1. The van der Waals surface area contributed by atoms with Gasteiger partial charge in [0.15, 0.2) is 0 Å². The summed E-state index contributed by atoms with van der Waals surface area (Å²) in [4.78, 5) is 0. The highest BCUT2D eigenvalue weighted by atomic mass is 35.5. The second-order valence-electron chi connectivity index (χ2n) is 4.64. The van der Waals surface area contributed by atoms with E-state index in [0.717, 1.165) is 38.0 Å². The van der Waals surface area contributed by atoms with E-state index in [0.29, 0.717) is 6.04 Å². The molecule has 98 valence electrons. The number of aromatic nitrogens is 2. The molecule has 0 saturated heterocycles. The van der Waals surface area contributed by atoms with Gasteiger partial charge in [0.1, 0.15) is 0 Å². The first kappa shape index (κ1) is 14.5. The van der Waals surface area contributed by atoms with Gasteiger partial charge in [-0.1, -0.05) is 6.92 Å². The van der Waals surface area contributed by atoms with Crippen LogP contribution in [0.5, 0.6) is 0 Å². The molecule has 3 nitrogen and oxygen atoms in total. The fourth-order valence-electron chi connectivity index (χ4n) is 1.63. The number of alkyl halides is 1. The van der Waals surface area contributed by atoms with Crippen LogP contribution in [0.15, 0.2) is 12.3 Å². The van der Waals surface area contributed by atoms with Gasteiger partial charge in [-0.05, 0) is 45.7 Å². The largest absolute Gasteiger partial charge is 0.311 e. The summed E-state index contributed by atoms with van der Waals surface area (Å²) in [5, 5.41) is 8.21. The molecular weight excluding hydrogens is 234 g/mol. The predicted molar refractivity (Wildman–Crippen MR) is 73.5 cm³/mol. The Bertz CT molecular complexity index is 309. The fraction of sp³-hybridized carbons (Fsp3) is 0.769. The predicted octanol–water partition coefficient (Wildman–Crippen LogP) is 3.35. The van der Waals surface area contributed by atoms with Crippen LogP contribution in [-0.2, 0) is 6.54 Å². The molecular formula is C13H24ClN3. The van der Waals surface area contributed by atoms with Crippen molar-refractivity contribution in [1.82, 2.24) is 15.1 Å². The third-order valence-corrected chi connectivity index (χ3v) is 3.19. The minimum Gasteiger partial charge on any atom is -0.311 e. The molecule has 0 amide bonds. The minimum absolute atomic E-state index is 0.279. The summed E-state index contributed by atoms with van der Waals surface area (Å²) in [5.41, 5.74) is 1.12. The van der Waals surface area contributed by atoms with Crippen molar-refractivity contribution in [2.24, 2.45) is 0 Å². The molecule has 0 aromatic carbocycles. The van der Waals surface area contributed by atoms with Gasteiger partial charge < -0.3 is 5.32 Å². The van der Waals surface area contributed by atoms with Crippen LogP contribution in [0.4, 0.5) is 0 Å². The smallest absolute Gasteiger partial charge is 0.0762 e. The van der Waals surface area contributed by atoms with E-state index in [-0.39, 0.29) is 5.38 Å². The Balaban J connectivity index is 2.21. The molecule has 0 radical (unpaired) electrons. The normalized spacial score (nSPS) is 14.8. The number of hydrogen-bond acceptors (Lipinski definition) is 2. The van der Waals surface area contributed by atoms with Crippen molar-refractivity contribution in [3.05, 3.63) is 18.0 Å². The van der Waals surface area contributed by atoms with Crippen molar-refractivity contribution in [1.29, 1.82) is 0 Å². The van der Waals surface area contributed by atoms with E-state index in [1.165, 1.54) is 0 Å². The second-order valence-corrected chi connectivity index (χ2v) is 5.39. The first-order valence-electron chi connectivity index (χ1n) is 6.52. The van der Waals surface area contributed by atoms with Gasteiger partial charge in [-0.2, -0.15) is 5.10 Å². The van der Waals surface area contributed by atoms with Crippen LogP contribution in [0.3, 0.4) is 0 Å². The van der Waals surface area contributed by atoms with Crippen LogP contribution in [0.25, 0.3) is 0 Å². The topological polar surface area (TPSA) is 29.9 Å². The Labute approximate surface area is 110 Å². The van der Waals surface area contributed by atoms with E-state index in [1.807, 2.05) is 11.6 Å². The molecule has 2 unspecified atom stereocenters. The van der Waals surface area contributed by atoms with Crippen LogP contribution in [0.1, 0.15) is 51.8 Å². The molecule has 0 aliphatic carbocycles. The monoisotopic (exact) mass is 257 g/mol. The third kappa shape index (κ3) is 5.55. The van der Waals surface area contributed by atoms with E-state index < -0.39 is 0 Å². The Morgan fingerprint density at radius 2 is 2.24 bits per heavy atom. The lowest BCUT2D eigenvalue weighted by atomic mass is 10.2. The highest BCUT2D eigenvalue weighted by Crippen LogP contribution is 2.09. The van der Waals surface area contributed by atoms with Gasteiger partial charge in [0.2, 0.25) is 0 Å². The maximum Gasteiger partial charge on any atom is 0.0762 e. The Kier molecular flexibility index (Phi) is 6.60. The maximum absolute atomic E-state index is 5.88. The minimum atomic E-state index is 0.279. The van der Waals surface area contributed by atoms with Crippen LogP contribution in [-0.4, -0.2) is 21.7 Å². The summed E-state index contributed by atoms with van der Waals surface area (Å²) < 4.78 is 2.04. The summed E-state index contributed by atoms with van der Waals surface area (Å²) in [6.07, 6.45) is 5.36. The van der Waals surface area contributed by atoms with Crippen LogP contribution >= 0.6 is 11.6 Å². The Morgan fingerprint density at radius 1 is 1.47 bits per heavy atom. The van der Waals surface area contributed by atoms with Crippen LogP contribution in [0, 0.1) is 0 Å². The summed E-state index contributed by atoms with van der Waals surface area (Å²) in [6.45, 7) is 8.26. The van der Waals surface area contributed by atoms with Gasteiger partial charge in [-0.3, -0.25) is 4.68 Å². The number of hydrogen-bond donors (Lipinski definition) is 1. The lowest BCUT2D eigenvalue weighted by Gasteiger charge is -2.08. The highest BCUT2D eigenvalue weighted by Gasteiger charge is 2.04. The van der Waals surface area contributed by atoms with Crippen molar-refractivity contribution in [3.8, 4) is 0 Å². The van der Waals surface area contributed by atoms with Crippen LogP contribution < -0.4 is 5.32 Å². The van der Waals surface area contributed by atoms with E-state index in [2.05, 4.69) is 36.5 Å². The van der Waals surface area contributed by atoms with Gasteiger partial charge in [0.05, 0.1) is 5.69 Å². The summed E-state index contributed by atoms with van der Waals surface area (Å²) >= 11 is 5.88. The second kappa shape index (κ2) is 7.72. The molecule has 0 aliphatic heterocycles. The van der Waals surface area contributed by atoms with Gasteiger partial charge >= 0.3 is 0 Å². The molecule has 1 N–H and O–H groups in total. The first-order valence-corrected chi connectivity index (χ1v) is 6.96. The molecule has 1 aromatic rings. The van der Waals surface area contributed by atoms with Gasteiger partial charge in [0.25, 0.3) is 0 Å². The van der Waals surface area contributed by atoms with Crippen molar-refractivity contribution < 1.29 is 0 Å². The molecule has 1 aromatic heterocycles. The molecule has 0 saturated carbocycles. The zero-order chi connectivity index (χ0) is 12.7. The van der Waals surface area contributed by atoms with Gasteiger partial charge in [0, 0.05) is 24.2 Å². The van der Waals surface area contributed by atoms with E-state index >= 15 is 0 Å². The SMILES string of the molecule is CCC(C)n1ccc(CNCCCC(C)Cl)n1. The van der Waals surface area contributed by atoms with Crippen molar-refractivity contribution >= 4 is 11.6 Å². The van der Waals surface area contributed by atoms with Gasteiger partial charge in [-0.25, -0.2) is 0 Å². The molecule has 17 heavy (non-hydrogen) atoms. The molecule has 4 heteroatoms. The fourth-order valence-corrected chi connectivity index (χ4v) is 1.78. The summed E-state index contributed by atoms with van der Waals surface area (Å²) in [5.74, 6) is 0. The standard InChI is InChI=1S/C13H24ClN3/c1-4-12(3)17-9-7-13(16-17)10-15-8-5-6-11(2)14/h7,9,11-12,15H,4-6,8,10H2,1-3H3. The highest BCUT2D eigenvalue weighted by molar-refractivity contribution is 6.20. The molecule has 0 fully saturated rings. The average Bonchev–Trinajstić information content (AvgIpc) is 2.76. The molecule has 1 heterocycles. The lowest BCUT2D eigenvalue weighted by Crippen LogP contribution is -2.16.